The highest BCUT2D eigenvalue weighted by atomic mass is 35.5. The fourth-order valence-corrected chi connectivity index (χ4v) is 2.71. The first-order valence-corrected chi connectivity index (χ1v) is 8.91. The molecule has 0 bridgehead atoms. The summed E-state index contributed by atoms with van der Waals surface area (Å²) in [5.74, 6) is 0.239. The molecule has 0 aliphatic heterocycles. The van der Waals surface area contributed by atoms with Crippen LogP contribution in [0.15, 0.2) is 66.7 Å². The average molecular weight is 399 g/mol. The molecule has 3 rings (SSSR count). The van der Waals surface area contributed by atoms with Gasteiger partial charge in [-0.25, -0.2) is 4.79 Å². The number of carbonyl (C=O) groups is 1. The number of rotatable bonds is 5. The van der Waals surface area contributed by atoms with Gasteiger partial charge in [0.25, 0.3) is 0 Å². The predicted molar refractivity (Wildman–Crippen MR) is 110 cm³/mol. The Kier molecular flexibility index (Phi) is 6.17. The van der Waals surface area contributed by atoms with Crippen molar-refractivity contribution in [1.29, 1.82) is 0 Å². The standard InChI is InChI=1S/C22H16Cl2O3/c1-26-21-13-16(8-7-15-5-3-2-4-6-15)9-12-20(21)27-22(25)17-10-11-18(23)19(24)14-17/h2-14H,1H3/b8-7+. The van der Waals surface area contributed by atoms with Crippen molar-refractivity contribution in [2.45, 2.75) is 0 Å². The number of halogens is 2. The third-order valence-electron chi connectivity index (χ3n) is 3.81. The van der Waals surface area contributed by atoms with Gasteiger partial charge >= 0.3 is 5.97 Å². The summed E-state index contributed by atoms with van der Waals surface area (Å²) in [6.07, 6.45) is 3.96. The molecule has 5 heteroatoms. The fraction of sp³-hybridized carbons (Fsp3) is 0.0455. The summed E-state index contributed by atoms with van der Waals surface area (Å²) in [6.45, 7) is 0. The van der Waals surface area contributed by atoms with Gasteiger partial charge < -0.3 is 9.47 Å². The molecule has 27 heavy (non-hydrogen) atoms. The lowest BCUT2D eigenvalue weighted by atomic mass is 10.1. The van der Waals surface area contributed by atoms with E-state index in [0.717, 1.165) is 11.1 Å². The number of benzene rings is 3. The van der Waals surface area contributed by atoms with Crippen LogP contribution in [0.4, 0.5) is 0 Å². The maximum atomic E-state index is 12.3. The molecule has 0 spiro atoms. The molecule has 0 N–H and O–H groups in total. The highest BCUT2D eigenvalue weighted by Crippen LogP contribution is 2.30. The van der Waals surface area contributed by atoms with E-state index in [0.29, 0.717) is 27.1 Å². The van der Waals surface area contributed by atoms with E-state index in [9.17, 15) is 4.79 Å². The Morgan fingerprint density at radius 3 is 2.26 bits per heavy atom. The van der Waals surface area contributed by atoms with Gasteiger partial charge in [-0.05, 0) is 41.5 Å². The van der Waals surface area contributed by atoms with Gasteiger partial charge in [-0.15, -0.1) is 0 Å². The van der Waals surface area contributed by atoms with Crippen LogP contribution in [0.25, 0.3) is 12.2 Å². The quantitative estimate of drug-likeness (QED) is 0.283. The summed E-state index contributed by atoms with van der Waals surface area (Å²) in [7, 11) is 1.52. The van der Waals surface area contributed by atoms with E-state index in [2.05, 4.69) is 0 Å². The van der Waals surface area contributed by atoms with Crippen LogP contribution in [-0.4, -0.2) is 13.1 Å². The van der Waals surface area contributed by atoms with Gasteiger partial charge in [0.15, 0.2) is 11.5 Å². The van der Waals surface area contributed by atoms with Gasteiger partial charge in [-0.3, -0.25) is 0 Å². The zero-order chi connectivity index (χ0) is 19.2. The average Bonchev–Trinajstić information content (AvgIpc) is 2.70. The maximum Gasteiger partial charge on any atom is 0.343 e. The lowest BCUT2D eigenvalue weighted by Gasteiger charge is -2.10. The second kappa shape index (κ2) is 8.76. The van der Waals surface area contributed by atoms with E-state index in [1.54, 1.807) is 24.3 Å². The molecule has 0 fully saturated rings. The van der Waals surface area contributed by atoms with E-state index in [1.807, 2.05) is 48.6 Å². The van der Waals surface area contributed by atoms with Crippen molar-refractivity contribution >= 4 is 41.3 Å². The SMILES string of the molecule is COc1cc(/C=C/c2ccccc2)ccc1OC(=O)c1ccc(Cl)c(Cl)c1. The summed E-state index contributed by atoms with van der Waals surface area (Å²) in [5.41, 5.74) is 2.32. The van der Waals surface area contributed by atoms with Gasteiger partial charge in [-0.2, -0.15) is 0 Å². The first-order chi connectivity index (χ1) is 13.1. The number of esters is 1. The molecular weight excluding hydrogens is 383 g/mol. The van der Waals surface area contributed by atoms with Crippen molar-refractivity contribution in [2.24, 2.45) is 0 Å². The lowest BCUT2D eigenvalue weighted by molar-refractivity contribution is 0.0729. The molecule has 0 aromatic heterocycles. The Labute approximate surface area is 167 Å². The van der Waals surface area contributed by atoms with Crippen LogP contribution >= 0.6 is 23.2 Å². The largest absolute Gasteiger partial charge is 0.493 e. The Hall–Kier alpha value is -2.75. The number of ether oxygens (including phenoxy) is 2. The summed E-state index contributed by atoms with van der Waals surface area (Å²) in [6, 6.07) is 19.9. The molecule has 136 valence electrons. The van der Waals surface area contributed by atoms with E-state index in [-0.39, 0.29) is 0 Å². The van der Waals surface area contributed by atoms with E-state index < -0.39 is 5.97 Å². The summed E-state index contributed by atoms with van der Waals surface area (Å²) < 4.78 is 10.8. The predicted octanol–water partition coefficient (Wildman–Crippen LogP) is 6.39. The molecule has 0 aliphatic carbocycles. The molecule has 0 aliphatic rings. The normalized spacial score (nSPS) is 10.8. The molecule has 0 saturated carbocycles. The van der Waals surface area contributed by atoms with Crippen LogP contribution in [0.2, 0.25) is 10.0 Å². The Balaban J connectivity index is 1.78. The molecule has 0 amide bonds. The van der Waals surface area contributed by atoms with Crippen molar-refractivity contribution in [3.63, 3.8) is 0 Å². The van der Waals surface area contributed by atoms with Gasteiger partial charge in [-0.1, -0.05) is 71.8 Å². The fourth-order valence-electron chi connectivity index (χ4n) is 2.41. The third-order valence-corrected chi connectivity index (χ3v) is 4.55. The van der Waals surface area contributed by atoms with Gasteiger partial charge in [0, 0.05) is 0 Å². The third kappa shape index (κ3) is 4.91. The zero-order valence-electron chi connectivity index (χ0n) is 14.5. The first-order valence-electron chi connectivity index (χ1n) is 8.15. The Morgan fingerprint density at radius 1 is 0.815 bits per heavy atom. The van der Waals surface area contributed by atoms with Crippen molar-refractivity contribution in [2.75, 3.05) is 7.11 Å². The number of hydrogen-bond acceptors (Lipinski definition) is 3. The Morgan fingerprint density at radius 2 is 1.56 bits per heavy atom. The summed E-state index contributed by atoms with van der Waals surface area (Å²) >= 11 is 11.8. The highest BCUT2D eigenvalue weighted by molar-refractivity contribution is 6.42. The topological polar surface area (TPSA) is 35.5 Å². The Bertz CT molecular complexity index is 982. The highest BCUT2D eigenvalue weighted by Gasteiger charge is 2.14. The number of carbonyl (C=O) groups excluding carboxylic acids is 1. The minimum absolute atomic E-state index is 0.291. The van der Waals surface area contributed by atoms with E-state index in [4.69, 9.17) is 32.7 Å². The van der Waals surface area contributed by atoms with Crippen molar-refractivity contribution in [3.8, 4) is 11.5 Å². The molecule has 3 aromatic carbocycles. The molecule has 0 saturated heterocycles. The molecule has 0 atom stereocenters. The van der Waals surface area contributed by atoms with Crippen LogP contribution < -0.4 is 9.47 Å². The maximum absolute atomic E-state index is 12.3. The van der Waals surface area contributed by atoms with Crippen molar-refractivity contribution < 1.29 is 14.3 Å². The second-order valence-electron chi connectivity index (χ2n) is 5.67. The minimum atomic E-state index is -0.542. The van der Waals surface area contributed by atoms with Crippen LogP contribution in [0.1, 0.15) is 21.5 Å². The molecule has 0 heterocycles. The molecule has 3 aromatic rings. The minimum Gasteiger partial charge on any atom is -0.493 e. The van der Waals surface area contributed by atoms with E-state index in [1.165, 1.54) is 13.2 Å². The van der Waals surface area contributed by atoms with Crippen molar-refractivity contribution in [1.82, 2.24) is 0 Å². The summed E-state index contributed by atoms with van der Waals surface area (Å²) in [4.78, 5) is 12.3. The van der Waals surface area contributed by atoms with Crippen LogP contribution in [0.5, 0.6) is 11.5 Å². The second-order valence-corrected chi connectivity index (χ2v) is 6.49. The van der Waals surface area contributed by atoms with Gasteiger partial charge in [0.2, 0.25) is 0 Å². The van der Waals surface area contributed by atoms with Crippen LogP contribution in [-0.2, 0) is 0 Å². The number of hydrogen-bond donors (Lipinski definition) is 0. The number of methoxy groups -OCH3 is 1. The van der Waals surface area contributed by atoms with Crippen molar-refractivity contribution in [3.05, 3.63) is 93.5 Å². The molecule has 0 radical (unpaired) electrons. The van der Waals surface area contributed by atoms with Gasteiger partial charge in [0.05, 0.1) is 22.7 Å². The molecular formula is C22H16Cl2O3. The lowest BCUT2D eigenvalue weighted by Crippen LogP contribution is -2.09. The zero-order valence-corrected chi connectivity index (χ0v) is 16.0. The molecule has 0 unspecified atom stereocenters. The van der Waals surface area contributed by atoms with Gasteiger partial charge in [0.1, 0.15) is 0 Å². The summed E-state index contributed by atoms with van der Waals surface area (Å²) in [5, 5.41) is 0.667. The van der Waals surface area contributed by atoms with Crippen LogP contribution in [0, 0.1) is 0 Å². The molecule has 3 nitrogen and oxygen atoms in total. The van der Waals surface area contributed by atoms with Crippen LogP contribution in [0.3, 0.4) is 0 Å². The monoisotopic (exact) mass is 398 g/mol. The van der Waals surface area contributed by atoms with E-state index >= 15 is 0 Å². The first kappa shape index (κ1) is 19.0. The smallest absolute Gasteiger partial charge is 0.343 e.